The number of benzene rings is 3. The number of esters is 1. The molecule has 0 bridgehead atoms. The molecule has 0 heterocycles. The molecule has 0 aliphatic rings. The highest BCUT2D eigenvalue weighted by Crippen LogP contribution is 2.17. The van der Waals surface area contributed by atoms with Gasteiger partial charge in [-0.15, -0.1) is 0 Å². The van der Waals surface area contributed by atoms with Gasteiger partial charge < -0.3 is 4.74 Å². The van der Waals surface area contributed by atoms with E-state index in [-0.39, 0.29) is 18.0 Å². The smallest absolute Gasteiger partial charge is 0.339 e. The Labute approximate surface area is 152 Å². The summed E-state index contributed by atoms with van der Waals surface area (Å²) in [4.78, 5) is 25.3. The summed E-state index contributed by atoms with van der Waals surface area (Å²) in [5.74, 6) is -0.728. The summed E-state index contributed by atoms with van der Waals surface area (Å²) in [6.45, 7) is 3.88. The average Bonchev–Trinajstić information content (AvgIpc) is 2.72. The lowest BCUT2D eigenvalue weighted by molar-refractivity contribution is 0.0470. The third-order valence-corrected chi connectivity index (χ3v) is 4.06. The molecule has 0 N–H and O–H groups in total. The molecule has 128 valence electrons. The second kappa shape index (κ2) is 8.08. The second-order valence-electron chi connectivity index (χ2n) is 5.72. The van der Waals surface area contributed by atoms with E-state index in [4.69, 9.17) is 4.74 Å². The zero-order valence-corrected chi connectivity index (χ0v) is 14.2. The van der Waals surface area contributed by atoms with E-state index in [2.05, 4.69) is 6.58 Å². The quantitative estimate of drug-likeness (QED) is 0.472. The van der Waals surface area contributed by atoms with Crippen LogP contribution in [0, 0.1) is 0 Å². The van der Waals surface area contributed by atoms with E-state index in [0.29, 0.717) is 11.1 Å². The Morgan fingerprint density at radius 1 is 0.808 bits per heavy atom. The van der Waals surface area contributed by atoms with Gasteiger partial charge in [-0.05, 0) is 17.2 Å². The molecular weight excluding hydrogens is 324 g/mol. The minimum absolute atomic E-state index is 0.120. The summed E-state index contributed by atoms with van der Waals surface area (Å²) in [6, 6.07) is 23.1. The number of carbonyl (C=O) groups is 2. The third kappa shape index (κ3) is 3.78. The van der Waals surface area contributed by atoms with Crippen LogP contribution in [0.4, 0.5) is 0 Å². The molecule has 0 aliphatic heterocycles. The van der Waals surface area contributed by atoms with Gasteiger partial charge >= 0.3 is 5.97 Å². The molecule has 3 aromatic carbocycles. The highest BCUT2D eigenvalue weighted by Gasteiger charge is 2.19. The second-order valence-corrected chi connectivity index (χ2v) is 5.72. The lowest BCUT2D eigenvalue weighted by Gasteiger charge is -2.10. The predicted molar refractivity (Wildman–Crippen MR) is 102 cm³/mol. The Balaban J connectivity index is 1.82. The van der Waals surface area contributed by atoms with E-state index in [1.165, 1.54) is 0 Å². The number of hydrogen-bond acceptors (Lipinski definition) is 3. The van der Waals surface area contributed by atoms with Gasteiger partial charge in [-0.3, -0.25) is 4.79 Å². The summed E-state index contributed by atoms with van der Waals surface area (Å²) in [7, 11) is 0. The maximum atomic E-state index is 12.7. The van der Waals surface area contributed by atoms with Crippen molar-refractivity contribution in [1.82, 2.24) is 0 Å². The predicted octanol–water partition coefficient (Wildman–Crippen LogP) is 4.92. The van der Waals surface area contributed by atoms with E-state index in [0.717, 1.165) is 11.1 Å². The molecule has 0 aromatic heterocycles. The van der Waals surface area contributed by atoms with E-state index in [9.17, 15) is 9.59 Å². The minimum atomic E-state index is -0.524. The summed E-state index contributed by atoms with van der Waals surface area (Å²) in [5.41, 5.74) is 2.90. The Kier molecular flexibility index (Phi) is 5.40. The molecule has 3 nitrogen and oxygen atoms in total. The summed E-state index contributed by atoms with van der Waals surface area (Å²) >= 11 is 0. The minimum Gasteiger partial charge on any atom is -0.457 e. The van der Waals surface area contributed by atoms with E-state index >= 15 is 0 Å². The highest BCUT2D eigenvalue weighted by atomic mass is 16.5. The Morgan fingerprint density at radius 3 is 2.15 bits per heavy atom. The van der Waals surface area contributed by atoms with Gasteiger partial charge in [-0.2, -0.15) is 0 Å². The number of ether oxygens (including phenoxy) is 1. The van der Waals surface area contributed by atoms with Crippen molar-refractivity contribution in [3.63, 3.8) is 0 Å². The normalized spacial score (nSPS) is 10.2. The topological polar surface area (TPSA) is 43.4 Å². The van der Waals surface area contributed by atoms with Crippen LogP contribution in [0.2, 0.25) is 0 Å². The van der Waals surface area contributed by atoms with E-state index < -0.39 is 5.97 Å². The van der Waals surface area contributed by atoms with Crippen LogP contribution in [-0.4, -0.2) is 11.8 Å². The van der Waals surface area contributed by atoms with E-state index in [1.807, 2.05) is 30.3 Å². The first-order valence-electron chi connectivity index (χ1n) is 8.27. The van der Waals surface area contributed by atoms with Gasteiger partial charge in [0, 0.05) is 11.1 Å². The van der Waals surface area contributed by atoms with Gasteiger partial charge in [0.25, 0.3) is 0 Å². The number of rotatable bonds is 6. The molecule has 0 atom stereocenters. The van der Waals surface area contributed by atoms with Crippen molar-refractivity contribution in [1.29, 1.82) is 0 Å². The fraction of sp³-hybridized carbons (Fsp3) is 0.0435. The Hall–Kier alpha value is -3.46. The fourth-order valence-electron chi connectivity index (χ4n) is 2.69. The van der Waals surface area contributed by atoms with Crippen molar-refractivity contribution in [2.24, 2.45) is 0 Å². The third-order valence-electron chi connectivity index (χ3n) is 4.06. The molecule has 0 aliphatic carbocycles. The van der Waals surface area contributed by atoms with Crippen LogP contribution >= 0.6 is 0 Å². The van der Waals surface area contributed by atoms with Crippen LogP contribution in [0.5, 0.6) is 0 Å². The lowest BCUT2D eigenvalue weighted by Crippen LogP contribution is -2.13. The van der Waals surface area contributed by atoms with E-state index in [1.54, 1.807) is 54.6 Å². The van der Waals surface area contributed by atoms with Gasteiger partial charge in [0.1, 0.15) is 6.61 Å². The Bertz CT molecular complexity index is 942. The molecule has 3 rings (SSSR count). The molecule has 0 radical (unpaired) electrons. The summed E-state index contributed by atoms with van der Waals surface area (Å²) in [6.07, 6.45) is 1.72. The van der Waals surface area contributed by atoms with Gasteiger partial charge in [0.15, 0.2) is 5.78 Å². The van der Waals surface area contributed by atoms with Crippen LogP contribution in [0.15, 0.2) is 85.4 Å². The van der Waals surface area contributed by atoms with Gasteiger partial charge in [0.05, 0.1) is 5.56 Å². The van der Waals surface area contributed by atoms with Crippen molar-refractivity contribution in [2.75, 3.05) is 0 Å². The zero-order chi connectivity index (χ0) is 18.4. The molecule has 3 aromatic rings. The van der Waals surface area contributed by atoms with Crippen molar-refractivity contribution >= 4 is 17.8 Å². The van der Waals surface area contributed by atoms with Crippen LogP contribution < -0.4 is 0 Å². The standard InChI is InChI=1S/C23H18O3/c1-2-17-10-6-7-13-19(17)16-26-23(25)21-15-9-8-14-20(21)22(24)18-11-4-3-5-12-18/h2-15H,1,16H2. The van der Waals surface area contributed by atoms with Gasteiger partial charge in [0.2, 0.25) is 0 Å². The van der Waals surface area contributed by atoms with Crippen LogP contribution in [0.3, 0.4) is 0 Å². The molecule has 0 spiro atoms. The molecule has 0 saturated carbocycles. The molecule has 0 fully saturated rings. The van der Waals surface area contributed by atoms with Crippen LogP contribution in [0.1, 0.15) is 37.4 Å². The maximum Gasteiger partial charge on any atom is 0.339 e. The SMILES string of the molecule is C=Cc1ccccc1COC(=O)c1ccccc1C(=O)c1ccccc1. The highest BCUT2D eigenvalue weighted by molar-refractivity contribution is 6.14. The number of ketones is 1. The molecular formula is C23H18O3. The molecule has 0 amide bonds. The Morgan fingerprint density at radius 2 is 1.42 bits per heavy atom. The lowest BCUT2D eigenvalue weighted by atomic mass is 9.98. The number of carbonyl (C=O) groups excluding carboxylic acids is 2. The molecule has 0 saturated heterocycles. The number of hydrogen-bond donors (Lipinski definition) is 0. The van der Waals surface area contributed by atoms with Crippen molar-refractivity contribution < 1.29 is 14.3 Å². The molecule has 3 heteroatoms. The first-order chi connectivity index (χ1) is 12.7. The first-order valence-corrected chi connectivity index (χ1v) is 8.27. The molecule has 0 unspecified atom stereocenters. The largest absolute Gasteiger partial charge is 0.457 e. The maximum absolute atomic E-state index is 12.7. The van der Waals surface area contributed by atoms with Crippen molar-refractivity contribution in [3.05, 3.63) is 113 Å². The first kappa shape index (κ1) is 17.4. The monoisotopic (exact) mass is 342 g/mol. The van der Waals surface area contributed by atoms with Crippen LogP contribution in [0.25, 0.3) is 6.08 Å². The average molecular weight is 342 g/mol. The van der Waals surface area contributed by atoms with Crippen molar-refractivity contribution in [2.45, 2.75) is 6.61 Å². The summed E-state index contributed by atoms with van der Waals surface area (Å²) < 4.78 is 5.44. The van der Waals surface area contributed by atoms with Gasteiger partial charge in [-0.1, -0.05) is 85.5 Å². The fourth-order valence-corrected chi connectivity index (χ4v) is 2.69. The summed E-state index contributed by atoms with van der Waals surface area (Å²) in [5, 5.41) is 0. The zero-order valence-electron chi connectivity index (χ0n) is 14.2. The van der Waals surface area contributed by atoms with Gasteiger partial charge in [-0.25, -0.2) is 4.79 Å². The van der Waals surface area contributed by atoms with Crippen LogP contribution in [-0.2, 0) is 11.3 Å². The molecule has 26 heavy (non-hydrogen) atoms. The van der Waals surface area contributed by atoms with Crippen molar-refractivity contribution in [3.8, 4) is 0 Å².